The molecule has 1 aromatic carbocycles. The van der Waals surface area contributed by atoms with Crippen molar-refractivity contribution in [3.05, 3.63) is 33.8 Å². The Kier molecular flexibility index (Phi) is 7.04. The third kappa shape index (κ3) is 4.50. The summed E-state index contributed by atoms with van der Waals surface area (Å²) in [5.41, 5.74) is -0.569. The molecule has 0 aliphatic heterocycles. The van der Waals surface area contributed by atoms with E-state index in [2.05, 4.69) is 15.9 Å². The lowest BCUT2D eigenvalue weighted by Crippen LogP contribution is -2.37. The molecule has 0 N–H and O–H groups in total. The first-order chi connectivity index (χ1) is 9.51. The molecule has 7 heteroatoms. The molecule has 112 valence electrons. The molecule has 0 fully saturated rings. The van der Waals surface area contributed by atoms with Crippen LogP contribution in [0.15, 0.2) is 16.6 Å². The first-order valence-corrected chi connectivity index (χ1v) is 6.72. The monoisotopic (exact) mass is 351 g/mol. The quantitative estimate of drug-likeness (QED) is 0.757. The van der Waals surface area contributed by atoms with Crippen molar-refractivity contribution in [2.45, 2.75) is 0 Å². The van der Waals surface area contributed by atoms with Crippen molar-refractivity contribution < 1.29 is 23.0 Å². The number of rotatable bonds is 7. The third-order valence-corrected chi connectivity index (χ3v) is 3.10. The lowest BCUT2D eigenvalue weighted by atomic mass is 10.1. The molecule has 20 heavy (non-hydrogen) atoms. The summed E-state index contributed by atoms with van der Waals surface area (Å²) in [6.45, 7) is 1.01. The zero-order chi connectivity index (χ0) is 15.1. The summed E-state index contributed by atoms with van der Waals surface area (Å²) in [5, 5.41) is 0. The highest BCUT2D eigenvalue weighted by Crippen LogP contribution is 2.20. The number of carbonyl (C=O) groups is 1. The average Bonchev–Trinajstić information content (AvgIpc) is 2.37. The first-order valence-electron chi connectivity index (χ1n) is 5.93. The minimum atomic E-state index is -0.901. The number of carbonyl (C=O) groups excluding carboxylic acids is 1. The van der Waals surface area contributed by atoms with E-state index in [0.29, 0.717) is 0 Å². The number of benzene rings is 1. The molecule has 0 atom stereocenters. The van der Waals surface area contributed by atoms with Crippen molar-refractivity contribution in [2.75, 3.05) is 40.5 Å². The fraction of sp³-hybridized carbons (Fsp3) is 0.462. The van der Waals surface area contributed by atoms with E-state index in [-0.39, 0.29) is 30.8 Å². The molecule has 1 aromatic rings. The van der Waals surface area contributed by atoms with Crippen LogP contribution in [0.3, 0.4) is 0 Å². The number of ether oxygens (including phenoxy) is 2. The van der Waals surface area contributed by atoms with Gasteiger partial charge in [0.25, 0.3) is 5.91 Å². The molecule has 0 bridgehead atoms. The molecule has 0 aliphatic carbocycles. The van der Waals surface area contributed by atoms with Crippen molar-refractivity contribution in [3.8, 4) is 0 Å². The van der Waals surface area contributed by atoms with Gasteiger partial charge in [-0.2, -0.15) is 0 Å². The van der Waals surface area contributed by atoms with E-state index in [1.54, 1.807) is 0 Å². The summed E-state index contributed by atoms with van der Waals surface area (Å²) in [6, 6.07) is 2.11. The highest BCUT2D eigenvalue weighted by molar-refractivity contribution is 9.10. The minimum Gasteiger partial charge on any atom is -0.383 e. The first kappa shape index (κ1) is 17.0. The maximum Gasteiger partial charge on any atom is 0.259 e. The van der Waals surface area contributed by atoms with Crippen molar-refractivity contribution in [3.63, 3.8) is 0 Å². The van der Waals surface area contributed by atoms with Gasteiger partial charge >= 0.3 is 0 Å². The van der Waals surface area contributed by atoms with Crippen LogP contribution in [-0.4, -0.2) is 51.3 Å². The van der Waals surface area contributed by atoms with E-state index in [0.717, 1.165) is 12.1 Å². The molecule has 0 radical (unpaired) electrons. The Morgan fingerprint density at radius 1 is 1.15 bits per heavy atom. The number of methoxy groups -OCH3 is 2. The van der Waals surface area contributed by atoms with Gasteiger partial charge in [-0.25, -0.2) is 8.78 Å². The molecule has 0 saturated heterocycles. The summed E-state index contributed by atoms with van der Waals surface area (Å²) < 4.78 is 37.6. The van der Waals surface area contributed by atoms with Crippen molar-refractivity contribution in [2.24, 2.45) is 0 Å². The molecular formula is C13H16BrF2NO3. The van der Waals surface area contributed by atoms with Crippen LogP contribution < -0.4 is 0 Å². The average molecular weight is 352 g/mol. The molecule has 0 aromatic heterocycles. The maximum atomic E-state index is 13.8. The summed E-state index contributed by atoms with van der Waals surface area (Å²) >= 11 is 2.97. The minimum absolute atomic E-state index is 0.230. The molecule has 1 amide bonds. The Labute approximate surface area is 124 Å². The van der Waals surface area contributed by atoms with E-state index in [4.69, 9.17) is 9.47 Å². The Bertz CT molecular complexity index is 440. The second-order valence-corrected chi connectivity index (χ2v) is 4.94. The zero-order valence-electron chi connectivity index (χ0n) is 11.3. The number of nitrogens with zero attached hydrogens (tertiary/aromatic N) is 1. The van der Waals surface area contributed by atoms with Crippen molar-refractivity contribution in [1.29, 1.82) is 0 Å². The topological polar surface area (TPSA) is 38.8 Å². The Morgan fingerprint density at radius 3 is 2.00 bits per heavy atom. The van der Waals surface area contributed by atoms with E-state index < -0.39 is 23.1 Å². The van der Waals surface area contributed by atoms with E-state index >= 15 is 0 Å². The second kappa shape index (κ2) is 8.28. The lowest BCUT2D eigenvalue weighted by Gasteiger charge is -2.22. The van der Waals surface area contributed by atoms with Gasteiger partial charge in [0.1, 0.15) is 17.2 Å². The van der Waals surface area contributed by atoms with Crippen LogP contribution in [0.2, 0.25) is 0 Å². The highest BCUT2D eigenvalue weighted by atomic mass is 79.9. The van der Waals surface area contributed by atoms with Gasteiger partial charge in [-0.1, -0.05) is 15.9 Å². The number of hydrogen-bond acceptors (Lipinski definition) is 3. The van der Waals surface area contributed by atoms with E-state index in [1.165, 1.54) is 19.1 Å². The maximum absolute atomic E-state index is 13.8. The van der Waals surface area contributed by atoms with E-state index in [1.807, 2.05) is 0 Å². The van der Waals surface area contributed by atoms with Crippen LogP contribution in [-0.2, 0) is 9.47 Å². The number of hydrogen-bond donors (Lipinski definition) is 0. The second-order valence-electron chi connectivity index (χ2n) is 4.02. The summed E-state index contributed by atoms with van der Waals surface area (Å²) in [7, 11) is 2.97. The Hall–Kier alpha value is -1.05. The largest absolute Gasteiger partial charge is 0.383 e. The standard InChI is InChI=1S/C13H16BrF2NO3/c1-19-5-3-17(4-6-20-2)13(18)12-10(15)7-9(14)8-11(12)16/h7-8H,3-6H2,1-2H3. The highest BCUT2D eigenvalue weighted by Gasteiger charge is 2.23. The van der Waals surface area contributed by atoms with Crippen LogP contribution in [0, 0.1) is 11.6 Å². The van der Waals surface area contributed by atoms with Gasteiger partial charge in [0, 0.05) is 31.8 Å². The summed E-state index contributed by atoms with van der Waals surface area (Å²) in [5.74, 6) is -2.52. The molecule has 0 unspecified atom stereocenters. The normalized spacial score (nSPS) is 10.7. The lowest BCUT2D eigenvalue weighted by molar-refractivity contribution is 0.0618. The number of amides is 1. The van der Waals surface area contributed by atoms with Gasteiger partial charge in [-0.3, -0.25) is 4.79 Å². The molecule has 0 heterocycles. The molecular weight excluding hydrogens is 336 g/mol. The van der Waals surface area contributed by atoms with Crippen LogP contribution >= 0.6 is 15.9 Å². The summed E-state index contributed by atoms with van der Waals surface area (Å²) in [4.78, 5) is 13.5. The van der Waals surface area contributed by atoms with Crippen LogP contribution in [0.5, 0.6) is 0 Å². The van der Waals surface area contributed by atoms with Crippen LogP contribution in [0.4, 0.5) is 8.78 Å². The van der Waals surface area contributed by atoms with Crippen LogP contribution in [0.1, 0.15) is 10.4 Å². The van der Waals surface area contributed by atoms with Gasteiger partial charge in [-0.15, -0.1) is 0 Å². The molecule has 0 spiro atoms. The predicted octanol–water partition coefficient (Wildman–Crippen LogP) is 2.46. The fourth-order valence-electron chi connectivity index (χ4n) is 1.62. The molecule has 0 saturated carbocycles. The van der Waals surface area contributed by atoms with Gasteiger partial charge in [0.05, 0.1) is 13.2 Å². The Morgan fingerprint density at radius 2 is 1.60 bits per heavy atom. The smallest absolute Gasteiger partial charge is 0.259 e. The molecule has 4 nitrogen and oxygen atoms in total. The molecule has 1 rings (SSSR count). The van der Waals surface area contributed by atoms with Crippen LogP contribution in [0.25, 0.3) is 0 Å². The third-order valence-electron chi connectivity index (χ3n) is 2.64. The Balaban J connectivity index is 2.98. The van der Waals surface area contributed by atoms with Gasteiger partial charge in [-0.05, 0) is 12.1 Å². The SMILES string of the molecule is COCCN(CCOC)C(=O)c1c(F)cc(Br)cc1F. The van der Waals surface area contributed by atoms with Crippen molar-refractivity contribution >= 4 is 21.8 Å². The fourth-order valence-corrected chi connectivity index (χ4v) is 2.02. The van der Waals surface area contributed by atoms with Gasteiger partial charge < -0.3 is 14.4 Å². The van der Waals surface area contributed by atoms with E-state index in [9.17, 15) is 13.6 Å². The van der Waals surface area contributed by atoms with Gasteiger partial charge in [0.2, 0.25) is 0 Å². The van der Waals surface area contributed by atoms with Crippen molar-refractivity contribution in [1.82, 2.24) is 4.90 Å². The predicted molar refractivity (Wildman–Crippen MR) is 73.7 cm³/mol. The van der Waals surface area contributed by atoms with Gasteiger partial charge in [0.15, 0.2) is 0 Å². The summed E-state index contributed by atoms with van der Waals surface area (Å²) in [6.07, 6.45) is 0. The molecule has 0 aliphatic rings. The zero-order valence-corrected chi connectivity index (χ0v) is 12.9. The number of halogens is 3.